The van der Waals surface area contributed by atoms with Gasteiger partial charge in [-0.1, -0.05) is 6.07 Å². The SMILES string of the molecule is Cc1cc(C)cc(NC(N)=NCc2cnc(C)[nH]c2=O)c1. The van der Waals surface area contributed by atoms with E-state index in [0.29, 0.717) is 11.4 Å². The Labute approximate surface area is 123 Å². The van der Waals surface area contributed by atoms with E-state index in [0.717, 1.165) is 16.8 Å². The van der Waals surface area contributed by atoms with E-state index < -0.39 is 0 Å². The van der Waals surface area contributed by atoms with E-state index in [-0.39, 0.29) is 18.1 Å². The van der Waals surface area contributed by atoms with Crippen LogP contribution in [-0.2, 0) is 6.54 Å². The lowest BCUT2D eigenvalue weighted by Gasteiger charge is -2.08. The van der Waals surface area contributed by atoms with Crippen LogP contribution in [0.3, 0.4) is 0 Å². The number of nitrogens with one attached hydrogen (secondary N) is 2. The number of guanidine groups is 1. The Hall–Kier alpha value is -2.63. The van der Waals surface area contributed by atoms with Gasteiger partial charge in [0.25, 0.3) is 5.56 Å². The molecule has 0 aliphatic carbocycles. The number of nitrogens with two attached hydrogens (primary N) is 1. The summed E-state index contributed by atoms with van der Waals surface area (Å²) in [6.07, 6.45) is 1.52. The fourth-order valence-electron chi connectivity index (χ4n) is 2.03. The van der Waals surface area contributed by atoms with Crippen molar-refractivity contribution in [3.8, 4) is 0 Å². The van der Waals surface area contributed by atoms with Crippen LogP contribution in [0.25, 0.3) is 0 Å². The van der Waals surface area contributed by atoms with E-state index in [2.05, 4.69) is 26.3 Å². The van der Waals surface area contributed by atoms with Crippen molar-refractivity contribution in [1.29, 1.82) is 0 Å². The van der Waals surface area contributed by atoms with Crippen molar-refractivity contribution in [2.45, 2.75) is 27.3 Å². The molecule has 0 amide bonds. The first-order chi connectivity index (χ1) is 9.94. The summed E-state index contributed by atoms with van der Waals surface area (Å²) in [6.45, 7) is 5.95. The van der Waals surface area contributed by atoms with Crippen molar-refractivity contribution in [3.05, 3.63) is 57.3 Å². The standard InChI is InChI=1S/C15H19N5O/c1-9-4-10(2)6-13(5-9)20-15(16)18-8-12-7-17-11(3)19-14(12)21/h4-7H,8H2,1-3H3,(H3,16,18,20)(H,17,19,21). The van der Waals surface area contributed by atoms with Crippen molar-refractivity contribution in [2.24, 2.45) is 10.7 Å². The van der Waals surface area contributed by atoms with E-state index in [1.165, 1.54) is 6.20 Å². The summed E-state index contributed by atoms with van der Waals surface area (Å²) in [5.74, 6) is 0.842. The predicted octanol–water partition coefficient (Wildman–Crippen LogP) is 1.62. The average Bonchev–Trinajstić information content (AvgIpc) is 2.36. The minimum atomic E-state index is -0.189. The molecule has 6 nitrogen and oxygen atoms in total. The van der Waals surface area contributed by atoms with Crippen molar-refractivity contribution in [3.63, 3.8) is 0 Å². The van der Waals surface area contributed by atoms with Crippen LogP contribution >= 0.6 is 0 Å². The highest BCUT2D eigenvalue weighted by atomic mass is 16.1. The molecule has 1 heterocycles. The Morgan fingerprint density at radius 2 is 1.95 bits per heavy atom. The summed E-state index contributed by atoms with van der Waals surface area (Å²) < 4.78 is 0. The van der Waals surface area contributed by atoms with Gasteiger partial charge >= 0.3 is 0 Å². The number of H-pyrrole nitrogens is 1. The van der Waals surface area contributed by atoms with Crippen LogP contribution in [0.2, 0.25) is 0 Å². The molecule has 1 aromatic heterocycles. The van der Waals surface area contributed by atoms with Crippen LogP contribution in [0, 0.1) is 20.8 Å². The number of anilines is 1. The number of hydrogen-bond acceptors (Lipinski definition) is 3. The zero-order valence-electron chi connectivity index (χ0n) is 12.4. The highest BCUT2D eigenvalue weighted by Gasteiger charge is 2.01. The van der Waals surface area contributed by atoms with E-state index >= 15 is 0 Å². The van der Waals surface area contributed by atoms with Crippen molar-refractivity contribution >= 4 is 11.6 Å². The zero-order chi connectivity index (χ0) is 15.4. The molecule has 0 aliphatic rings. The first-order valence-corrected chi connectivity index (χ1v) is 6.64. The highest BCUT2D eigenvalue weighted by Crippen LogP contribution is 2.13. The number of rotatable bonds is 3. The summed E-state index contributed by atoms with van der Waals surface area (Å²) in [5, 5.41) is 3.02. The van der Waals surface area contributed by atoms with Gasteiger partial charge in [-0.3, -0.25) is 4.79 Å². The molecule has 0 spiro atoms. The van der Waals surface area contributed by atoms with E-state index in [1.54, 1.807) is 6.92 Å². The summed E-state index contributed by atoms with van der Waals surface area (Å²) in [7, 11) is 0. The third-order valence-electron chi connectivity index (χ3n) is 2.91. The van der Waals surface area contributed by atoms with Gasteiger partial charge in [0.2, 0.25) is 0 Å². The van der Waals surface area contributed by atoms with Crippen LogP contribution in [0.4, 0.5) is 5.69 Å². The molecule has 0 unspecified atom stereocenters. The minimum Gasteiger partial charge on any atom is -0.370 e. The number of nitrogens with zero attached hydrogens (tertiary/aromatic N) is 2. The summed E-state index contributed by atoms with van der Waals surface area (Å²) >= 11 is 0. The second-order valence-corrected chi connectivity index (χ2v) is 5.03. The first-order valence-electron chi connectivity index (χ1n) is 6.64. The second kappa shape index (κ2) is 6.21. The monoisotopic (exact) mass is 285 g/mol. The first kappa shape index (κ1) is 14.8. The molecule has 0 fully saturated rings. The normalized spacial score (nSPS) is 11.5. The molecule has 0 atom stereocenters. The molecule has 0 saturated heterocycles. The smallest absolute Gasteiger partial charge is 0.255 e. The van der Waals surface area contributed by atoms with Gasteiger partial charge in [-0.15, -0.1) is 0 Å². The van der Waals surface area contributed by atoms with Crippen LogP contribution in [0.15, 0.2) is 34.2 Å². The van der Waals surface area contributed by atoms with Crippen LogP contribution in [-0.4, -0.2) is 15.9 Å². The molecule has 0 aliphatic heterocycles. The van der Waals surface area contributed by atoms with Gasteiger partial charge in [0.1, 0.15) is 5.82 Å². The van der Waals surface area contributed by atoms with Crippen molar-refractivity contribution in [1.82, 2.24) is 9.97 Å². The van der Waals surface area contributed by atoms with Gasteiger partial charge in [-0.05, 0) is 44.0 Å². The topological polar surface area (TPSA) is 96.2 Å². The van der Waals surface area contributed by atoms with Crippen molar-refractivity contribution in [2.75, 3.05) is 5.32 Å². The number of aromatic nitrogens is 2. The van der Waals surface area contributed by atoms with Crippen molar-refractivity contribution < 1.29 is 0 Å². The second-order valence-electron chi connectivity index (χ2n) is 5.03. The lowest BCUT2D eigenvalue weighted by atomic mass is 10.1. The molecule has 2 rings (SSSR count). The third-order valence-corrected chi connectivity index (χ3v) is 2.91. The predicted molar refractivity (Wildman–Crippen MR) is 84.5 cm³/mol. The number of aromatic amines is 1. The molecule has 4 N–H and O–H groups in total. The molecule has 110 valence electrons. The van der Waals surface area contributed by atoms with E-state index in [1.807, 2.05) is 26.0 Å². The summed E-state index contributed by atoms with van der Waals surface area (Å²) in [6, 6.07) is 6.04. The van der Waals surface area contributed by atoms with Crippen LogP contribution in [0.5, 0.6) is 0 Å². The molecule has 2 aromatic rings. The minimum absolute atomic E-state index is 0.187. The Morgan fingerprint density at radius 1 is 1.29 bits per heavy atom. The molecule has 1 aromatic carbocycles. The molecule has 0 bridgehead atoms. The molecule has 6 heteroatoms. The summed E-state index contributed by atoms with van der Waals surface area (Å²) in [4.78, 5) is 22.5. The Kier molecular flexibility index (Phi) is 4.37. The molecular formula is C15H19N5O. The quantitative estimate of drug-likeness (QED) is 0.590. The number of benzene rings is 1. The Balaban J connectivity index is 2.09. The Bertz CT molecular complexity index is 713. The van der Waals surface area contributed by atoms with Gasteiger partial charge in [0, 0.05) is 11.9 Å². The maximum absolute atomic E-state index is 11.7. The zero-order valence-corrected chi connectivity index (χ0v) is 12.4. The number of hydrogen-bond donors (Lipinski definition) is 3. The van der Waals surface area contributed by atoms with E-state index in [9.17, 15) is 4.79 Å². The van der Waals surface area contributed by atoms with Gasteiger partial charge in [-0.25, -0.2) is 9.98 Å². The maximum atomic E-state index is 11.7. The highest BCUT2D eigenvalue weighted by molar-refractivity contribution is 5.92. The molecule has 21 heavy (non-hydrogen) atoms. The number of aryl methyl sites for hydroxylation is 3. The average molecular weight is 285 g/mol. The molecule has 0 saturated carbocycles. The van der Waals surface area contributed by atoms with Gasteiger partial charge < -0.3 is 16.0 Å². The Morgan fingerprint density at radius 3 is 2.57 bits per heavy atom. The van der Waals surface area contributed by atoms with E-state index in [4.69, 9.17) is 5.73 Å². The van der Waals surface area contributed by atoms with Crippen LogP contribution in [0.1, 0.15) is 22.5 Å². The fraction of sp³-hybridized carbons (Fsp3) is 0.267. The van der Waals surface area contributed by atoms with Gasteiger partial charge in [0.05, 0.1) is 12.1 Å². The fourth-order valence-corrected chi connectivity index (χ4v) is 2.03. The maximum Gasteiger partial charge on any atom is 0.255 e. The van der Waals surface area contributed by atoms with Gasteiger partial charge in [0.15, 0.2) is 5.96 Å². The summed E-state index contributed by atoms with van der Waals surface area (Å²) in [5.41, 5.74) is 9.29. The van der Waals surface area contributed by atoms with Gasteiger partial charge in [-0.2, -0.15) is 0 Å². The lowest BCUT2D eigenvalue weighted by molar-refractivity contribution is 0.933. The molecular weight excluding hydrogens is 266 g/mol. The molecule has 0 radical (unpaired) electrons. The third kappa shape index (κ3) is 4.17. The van der Waals surface area contributed by atoms with Crippen LogP contribution < -0.4 is 16.6 Å². The number of aliphatic imine (C=N–C) groups is 1. The lowest BCUT2D eigenvalue weighted by Crippen LogP contribution is -2.23. The largest absolute Gasteiger partial charge is 0.370 e.